The summed E-state index contributed by atoms with van der Waals surface area (Å²) in [6.45, 7) is 2.40. The van der Waals surface area contributed by atoms with E-state index in [0.717, 1.165) is 5.56 Å². The molecule has 0 aliphatic carbocycles. The smallest absolute Gasteiger partial charge is 0.145 e. The molecule has 0 saturated carbocycles. The number of nitrogens with zero attached hydrogens (tertiary/aromatic N) is 3. The molecule has 2 heterocycles. The zero-order chi connectivity index (χ0) is 12.8. The lowest BCUT2D eigenvalue weighted by Crippen LogP contribution is -1.98. The molecular weight excluding hydrogens is 232 g/mol. The van der Waals surface area contributed by atoms with Gasteiger partial charge in [-0.3, -0.25) is 4.98 Å². The highest BCUT2D eigenvalue weighted by Crippen LogP contribution is 2.13. The number of ether oxygens (including phenoxy) is 1. The molecule has 0 saturated heterocycles. The van der Waals surface area contributed by atoms with Crippen LogP contribution in [0, 0.1) is 18.8 Å². The Kier molecular flexibility index (Phi) is 3.89. The van der Waals surface area contributed by atoms with Crippen molar-refractivity contribution in [3.05, 3.63) is 35.4 Å². The molecule has 6 heteroatoms. The molecule has 0 fully saturated rings. The van der Waals surface area contributed by atoms with Gasteiger partial charge >= 0.3 is 0 Å². The summed E-state index contributed by atoms with van der Waals surface area (Å²) in [5.41, 5.74) is 7.43. The highest BCUT2D eigenvalue weighted by Gasteiger charge is 2.05. The lowest BCUT2D eigenvalue weighted by molar-refractivity contribution is 0.269. The van der Waals surface area contributed by atoms with E-state index >= 15 is 0 Å². The van der Waals surface area contributed by atoms with E-state index in [-0.39, 0.29) is 6.61 Å². The molecule has 0 aromatic carbocycles. The fraction of sp³-hybridized carbons (Fsp3) is 0.250. The molecule has 0 spiro atoms. The minimum absolute atomic E-state index is 0.283. The first-order valence-electron chi connectivity index (χ1n) is 5.34. The van der Waals surface area contributed by atoms with E-state index in [4.69, 9.17) is 10.5 Å². The fourth-order valence-corrected chi connectivity index (χ4v) is 1.25. The minimum Gasteiger partial charge on any atom is -0.485 e. The molecule has 2 rings (SSSR count). The van der Waals surface area contributed by atoms with Crippen LogP contribution in [-0.4, -0.2) is 21.8 Å². The molecule has 2 aromatic heterocycles. The number of aromatic nitrogens is 3. The first-order chi connectivity index (χ1) is 8.79. The maximum absolute atomic E-state index is 5.53. The number of nitrogens with two attached hydrogens (primary N) is 1. The van der Waals surface area contributed by atoms with Crippen LogP contribution in [0.15, 0.2) is 23.1 Å². The van der Waals surface area contributed by atoms with Gasteiger partial charge in [0.15, 0.2) is 0 Å². The first kappa shape index (κ1) is 12.1. The van der Waals surface area contributed by atoms with Crippen molar-refractivity contribution in [1.82, 2.24) is 15.3 Å². The third kappa shape index (κ3) is 3.06. The van der Waals surface area contributed by atoms with E-state index in [1.165, 1.54) is 0 Å². The van der Waals surface area contributed by atoms with E-state index in [2.05, 4.69) is 31.8 Å². The van der Waals surface area contributed by atoms with Gasteiger partial charge in [-0.15, -0.1) is 0 Å². The summed E-state index contributed by atoms with van der Waals surface area (Å²) in [5.74, 6) is 6.25. The summed E-state index contributed by atoms with van der Waals surface area (Å²) in [5, 5.41) is 7.40. The van der Waals surface area contributed by atoms with E-state index in [1.807, 2.05) is 0 Å². The Morgan fingerprint density at radius 2 is 2.28 bits per heavy atom. The number of hydrogen-bond acceptors (Lipinski definition) is 6. The van der Waals surface area contributed by atoms with Crippen LogP contribution < -0.4 is 10.5 Å². The Labute approximate surface area is 104 Å². The monoisotopic (exact) mass is 244 g/mol. The largest absolute Gasteiger partial charge is 0.485 e. The van der Waals surface area contributed by atoms with Crippen LogP contribution in [0.4, 0.5) is 0 Å². The quantitative estimate of drug-likeness (QED) is 0.798. The molecule has 0 unspecified atom stereocenters. The van der Waals surface area contributed by atoms with Crippen molar-refractivity contribution in [3.63, 3.8) is 0 Å². The third-order valence-corrected chi connectivity index (χ3v) is 2.17. The predicted molar refractivity (Wildman–Crippen MR) is 63.5 cm³/mol. The summed E-state index contributed by atoms with van der Waals surface area (Å²) >= 11 is 0. The van der Waals surface area contributed by atoms with Gasteiger partial charge in [0.25, 0.3) is 0 Å². The van der Waals surface area contributed by atoms with Crippen LogP contribution in [0.3, 0.4) is 0 Å². The van der Waals surface area contributed by atoms with E-state index in [1.54, 1.807) is 25.4 Å². The third-order valence-electron chi connectivity index (χ3n) is 2.17. The highest BCUT2D eigenvalue weighted by atomic mass is 16.6. The molecule has 92 valence electrons. The van der Waals surface area contributed by atoms with E-state index in [0.29, 0.717) is 23.7 Å². The van der Waals surface area contributed by atoms with Gasteiger partial charge in [0.05, 0.1) is 12.7 Å². The second-order valence-electron chi connectivity index (χ2n) is 3.50. The average molecular weight is 244 g/mol. The molecule has 6 nitrogen and oxygen atoms in total. The summed E-state index contributed by atoms with van der Waals surface area (Å²) in [6.07, 6.45) is 3.26. The normalized spacial score (nSPS) is 9.67. The lowest BCUT2D eigenvalue weighted by atomic mass is 10.3. The zero-order valence-electron chi connectivity index (χ0n) is 9.88. The zero-order valence-corrected chi connectivity index (χ0v) is 9.88. The second-order valence-corrected chi connectivity index (χ2v) is 3.50. The summed E-state index contributed by atoms with van der Waals surface area (Å²) in [7, 11) is 0. The van der Waals surface area contributed by atoms with Crippen LogP contribution in [-0.2, 0) is 6.61 Å². The Balaban J connectivity index is 2.03. The second kappa shape index (κ2) is 5.80. The van der Waals surface area contributed by atoms with Crippen molar-refractivity contribution < 1.29 is 9.37 Å². The molecule has 0 aliphatic rings. The topological polar surface area (TPSA) is 87.1 Å². The molecule has 18 heavy (non-hydrogen) atoms. The summed E-state index contributed by atoms with van der Waals surface area (Å²) in [6, 6.07) is 1.79. The number of hydrogen-bond donors (Lipinski definition) is 1. The molecular formula is C12H12N4O2. The van der Waals surface area contributed by atoms with Gasteiger partial charge in [0, 0.05) is 11.8 Å². The molecule has 2 N–H and O–H groups in total. The molecule has 2 aromatic rings. The van der Waals surface area contributed by atoms with Crippen LogP contribution in [0.25, 0.3) is 0 Å². The highest BCUT2D eigenvalue weighted by molar-refractivity contribution is 5.36. The molecule has 0 aliphatic heterocycles. The summed E-state index contributed by atoms with van der Waals surface area (Å²) < 4.78 is 10.1. The van der Waals surface area contributed by atoms with Gasteiger partial charge in [0.1, 0.15) is 23.7 Å². The lowest BCUT2D eigenvalue weighted by Gasteiger charge is -2.03. The summed E-state index contributed by atoms with van der Waals surface area (Å²) in [4.78, 5) is 4.03. The number of pyridine rings is 1. The van der Waals surface area contributed by atoms with Crippen LogP contribution in [0.1, 0.15) is 17.0 Å². The Bertz CT molecular complexity index is 583. The van der Waals surface area contributed by atoms with E-state index in [9.17, 15) is 0 Å². The van der Waals surface area contributed by atoms with Gasteiger partial charge in [-0.1, -0.05) is 22.2 Å². The molecule has 0 amide bonds. The van der Waals surface area contributed by atoms with Crippen molar-refractivity contribution in [2.75, 3.05) is 6.54 Å². The predicted octanol–water partition coefficient (Wildman–Crippen LogP) is 0.662. The fourth-order valence-electron chi connectivity index (χ4n) is 1.25. The minimum atomic E-state index is 0.283. The standard InChI is InChI=1S/C12H12N4O2/c1-9-12(16-18-15-9)8-17-11-5-10(3-2-4-13)6-14-7-11/h5-7H,4,8,13H2,1H3. The Hall–Kier alpha value is -2.39. The Morgan fingerprint density at radius 3 is 3.00 bits per heavy atom. The molecule has 0 atom stereocenters. The van der Waals surface area contributed by atoms with Crippen molar-refractivity contribution in [1.29, 1.82) is 0 Å². The number of rotatable bonds is 3. The van der Waals surface area contributed by atoms with Crippen molar-refractivity contribution in [3.8, 4) is 17.6 Å². The van der Waals surface area contributed by atoms with Gasteiger partial charge in [-0.05, 0) is 13.0 Å². The molecule has 0 radical (unpaired) electrons. The van der Waals surface area contributed by atoms with E-state index < -0.39 is 0 Å². The maximum Gasteiger partial charge on any atom is 0.145 e. The SMILES string of the molecule is Cc1nonc1COc1cncc(C#CCN)c1. The van der Waals surface area contributed by atoms with Crippen LogP contribution >= 0.6 is 0 Å². The van der Waals surface area contributed by atoms with Gasteiger partial charge < -0.3 is 10.5 Å². The van der Waals surface area contributed by atoms with Crippen LogP contribution in [0.2, 0.25) is 0 Å². The van der Waals surface area contributed by atoms with Gasteiger partial charge in [-0.2, -0.15) is 0 Å². The first-order valence-corrected chi connectivity index (χ1v) is 5.34. The van der Waals surface area contributed by atoms with Crippen LogP contribution in [0.5, 0.6) is 5.75 Å². The van der Waals surface area contributed by atoms with Gasteiger partial charge in [-0.25, -0.2) is 4.63 Å². The van der Waals surface area contributed by atoms with Crippen molar-refractivity contribution in [2.45, 2.75) is 13.5 Å². The number of aryl methyl sites for hydroxylation is 1. The maximum atomic E-state index is 5.53. The average Bonchev–Trinajstić information content (AvgIpc) is 2.80. The van der Waals surface area contributed by atoms with Crippen molar-refractivity contribution >= 4 is 0 Å². The Morgan fingerprint density at radius 1 is 1.39 bits per heavy atom. The van der Waals surface area contributed by atoms with Gasteiger partial charge in [0.2, 0.25) is 0 Å². The molecule has 0 bridgehead atoms. The van der Waals surface area contributed by atoms with Crippen molar-refractivity contribution in [2.24, 2.45) is 5.73 Å².